The molecule has 0 saturated carbocycles. The summed E-state index contributed by atoms with van der Waals surface area (Å²) >= 11 is 11.4. The summed E-state index contributed by atoms with van der Waals surface area (Å²) in [7, 11) is 0. The van der Waals surface area contributed by atoms with Gasteiger partial charge in [-0.2, -0.15) is 0 Å². The minimum atomic E-state index is -0.369. The van der Waals surface area contributed by atoms with Gasteiger partial charge in [0.15, 0.2) is 0 Å². The monoisotopic (exact) mass is 282 g/mol. The molecule has 2 rings (SSSR count). The molecule has 0 fully saturated rings. The molecular formula is C12H8Cl2N2O2. The first-order chi connectivity index (χ1) is 8.56. The van der Waals surface area contributed by atoms with E-state index in [4.69, 9.17) is 23.2 Å². The van der Waals surface area contributed by atoms with Crippen LogP contribution in [0.4, 0.5) is 5.82 Å². The third kappa shape index (κ3) is 2.91. The number of pyridine rings is 1. The van der Waals surface area contributed by atoms with Crippen molar-refractivity contribution in [3.63, 3.8) is 0 Å². The summed E-state index contributed by atoms with van der Waals surface area (Å²) in [6, 6.07) is 7.40. The largest absolute Gasteiger partial charge is 0.506 e. The number of hydrogen-bond acceptors (Lipinski definition) is 3. The SMILES string of the molecule is O=C(Nc1ccc(Cl)cn1)c1ccc(O)c(Cl)c1. The molecule has 1 amide bonds. The van der Waals surface area contributed by atoms with Crippen molar-refractivity contribution in [3.05, 3.63) is 52.1 Å². The zero-order valence-electron chi connectivity index (χ0n) is 9.02. The number of halogens is 2. The molecule has 1 aromatic heterocycles. The first-order valence-electron chi connectivity index (χ1n) is 4.97. The molecule has 1 heterocycles. The lowest BCUT2D eigenvalue weighted by atomic mass is 10.2. The molecule has 2 N–H and O–H groups in total. The van der Waals surface area contributed by atoms with E-state index in [-0.39, 0.29) is 16.7 Å². The van der Waals surface area contributed by atoms with E-state index in [1.54, 1.807) is 12.1 Å². The van der Waals surface area contributed by atoms with Crippen LogP contribution in [0.15, 0.2) is 36.5 Å². The molecule has 0 radical (unpaired) electrons. The Morgan fingerprint density at radius 3 is 2.61 bits per heavy atom. The maximum atomic E-state index is 11.8. The van der Waals surface area contributed by atoms with Gasteiger partial charge in [-0.3, -0.25) is 4.79 Å². The Morgan fingerprint density at radius 2 is 2.00 bits per heavy atom. The van der Waals surface area contributed by atoms with Crippen LogP contribution in [0.3, 0.4) is 0 Å². The van der Waals surface area contributed by atoms with Crippen LogP contribution in [-0.4, -0.2) is 16.0 Å². The van der Waals surface area contributed by atoms with Crippen LogP contribution in [0.2, 0.25) is 10.0 Å². The Hall–Kier alpha value is -1.78. The van der Waals surface area contributed by atoms with E-state index in [0.29, 0.717) is 16.4 Å². The van der Waals surface area contributed by atoms with Crippen molar-refractivity contribution in [3.8, 4) is 5.75 Å². The summed E-state index contributed by atoms with van der Waals surface area (Å²) in [6.45, 7) is 0. The van der Waals surface area contributed by atoms with Gasteiger partial charge in [-0.25, -0.2) is 4.98 Å². The molecule has 18 heavy (non-hydrogen) atoms. The highest BCUT2D eigenvalue weighted by Crippen LogP contribution is 2.24. The lowest BCUT2D eigenvalue weighted by Gasteiger charge is -2.05. The van der Waals surface area contributed by atoms with Gasteiger partial charge in [0.1, 0.15) is 11.6 Å². The fourth-order valence-corrected chi connectivity index (χ4v) is 1.58. The maximum absolute atomic E-state index is 11.8. The number of rotatable bonds is 2. The number of aromatic nitrogens is 1. The van der Waals surface area contributed by atoms with Crippen LogP contribution in [-0.2, 0) is 0 Å². The number of benzene rings is 1. The van der Waals surface area contributed by atoms with Crippen LogP contribution in [0, 0.1) is 0 Å². The summed E-state index contributed by atoms with van der Waals surface area (Å²) in [5.74, 6) is -0.0573. The molecule has 0 aliphatic heterocycles. The highest BCUT2D eigenvalue weighted by Gasteiger charge is 2.09. The van der Waals surface area contributed by atoms with Gasteiger partial charge in [-0.15, -0.1) is 0 Å². The fourth-order valence-electron chi connectivity index (χ4n) is 1.29. The Kier molecular flexibility index (Phi) is 3.69. The van der Waals surface area contributed by atoms with Crippen molar-refractivity contribution in [2.24, 2.45) is 0 Å². The molecule has 92 valence electrons. The highest BCUT2D eigenvalue weighted by molar-refractivity contribution is 6.32. The molecule has 1 aromatic carbocycles. The second-order valence-electron chi connectivity index (χ2n) is 3.48. The van der Waals surface area contributed by atoms with Crippen molar-refractivity contribution in [2.75, 3.05) is 5.32 Å². The molecule has 0 atom stereocenters. The predicted octanol–water partition coefficient (Wildman–Crippen LogP) is 3.35. The van der Waals surface area contributed by atoms with E-state index < -0.39 is 0 Å². The summed E-state index contributed by atoms with van der Waals surface area (Å²) < 4.78 is 0. The first kappa shape index (κ1) is 12.7. The van der Waals surface area contributed by atoms with Crippen molar-refractivity contribution >= 4 is 34.9 Å². The Labute approximate surface area is 113 Å². The lowest BCUT2D eigenvalue weighted by molar-refractivity contribution is 0.102. The molecule has 4 nitrogen and oxygen atoms in total. The molecule has 0 unspecified atom stereocenters. The third-order valence-corrected chi connectivity index (χ3v) is 2.71. The number of carbonyl (C=O) groups is 1. The van der Waals surface area contributed by atoms with Crippen molar-refractivity contribution in [1.82, 2.24) is 4.98 Å². The van der Waals surface area contributed by atoms with Gasteiger partial charge in [0.2, 0.25) is 0 Å². The standard InChI is InChI=1S/C12H8Cl2N2O2/c13-8-2-4-11(15-6-8)16-12(18)7-1-3-10(17)9(14)5-7/h1-6,17H,(H,15,16,18). The molecule has 0 aliphatic rings. The number of anilines is 1. The quantitative estimate of drug-likeness (QED) is 0.888. The average molecular weight is 283 g/mol. The van der Waals surface area contributed by atoms with Gasteiger partial charge in [0, 0.05) is 11.8 Å². The minimum Gasteiger partial charge on any atom is -0.506 e. The fraction of sp³-hybridized carbons (Fsp3) is 0. The number of hydrogen-bond donors (Lipinski definition) is 2. The summed E-state index contributed by atoms with van der Waals surface area (Å²) in [5, 5.41) is 12.4. The zero-order chi connectivity index (χ0) is 13.1. The van der Waals surface area contributed by atoms with Crippen molar-refractivity contribution in [2.45, 2.75) is 0 Å². The number of nitrogens with zero attached hydrogens (tertiary/aromatic N) is 1. The van der Waals surface area contributed by atoms with E-state index in [1.165, 1.54) is 24.4 Å². The molecule has 0 aliphatic carbocycles. The number of aromatic hydroxyl groups is 1. The van der Waals surface area contributed by atoms with E-state index >= 15 is 0 Å². The summed E-state index contributed by atoms with van der Waals surface area (Å²) in [5.41, 5.74) is 0.328. The number of phenols is 1. The van der Waals surface area contributed by atoms with E-state index in [2.05, 4.69) is 10.3 Å². The van der Waals surface area contributed by atoms with Gasteiger partial charge >= 0.3 is 0 Å². The van der Waals surface area contributed by atoms with Crippen LogP contribution in [0.25, 0.3) is 0 Å². The first-order valence-corrected chi connectivity index (χ1v) is 5.73. The third-order valence-electron chi connectivity index (χ3n) is 2.18. The average Bonchev–Trinajstić information content (AvgIpc) is 2.35. The molecule has 0 bridgehead atoms. The number of amides is 1. The Bertz CT molecular complexity index is 585. The molecule has 0 spiro atoms. The maximum Gasteiger partial charge on any atom is 0.256 e. The van der Waals surface area contributed by atoms with E-state index in [9.17, 15) is 9.90 Å². The molecule has 0 saturated heterocycles. The summed E-state index contributed by atoms with van der Waals surface area (Å²) in [4.78, 5) is 15.8. The summed E-state index contributed by atoms with van der Waals surface area (Å²) in [6.07, 6.45) is 1.43. The molecule has 6 heteroatoms. The normalized spacial score (nSPS) is 10.1. The lowest BCUT2D eigenvalue weighted by Crippen LogP contribution is -2.12. The Morgan fingerprint density at radius 1 is 1.22 bits per heavy atom. The van der Waals surface area contributed by atoms with Crippen LogP contribution in [0.1, 0.15) is 10.4 Å². The number of phenolic OH excluding ortho intramolecular Hbond substituents is 1. The smallest absolute Gasteiger partial charge is 0.256 e. The van der Waals surface area contributed by atoms with Crippen LogP contribution < -0.4 is 5.32 Å². The van der Waals surface area contributed by atoms with Gasteiger partial charge < -0.3 is 10.4 Å². The zero-order valence-corrected chi connectivity index (χ0v) is 10.5. The van der Waals surface area contributed by atoms with Crippen molar-refractivity contribution in [1.29, 1.82) is 0 Å². The van der Waals surface area contributed by atoms with Gasteiger partial charge in [-0.05, 0) is 30.3 Å². The predicted molar refractivity (Wildman–Crippen MR) is 70.3 cm³/mol. The highest BCUT2D eigenvalue weighted by atomic mass is 35.5. The van der Waals surface area contributed by atoms with Crippen molar-refractivity contribution < 1.29 is 9.90 Å². The number of carbonyl (C=O) groups excluding carboxylic acids is 1. The number of nitrogens with one attached hydrogen (secondary N) is 1. The second-order valence-corrected chi connectivity index (χ2v) is 4.33. The van der Waals surface area contributed by atoms with Gasteiger partial charge in [0.05, 0.1) is 10.0 Å². The van der Waals surface area contributed by atoms with E-state index in [0.717, 1.165) is 0 Å². The Balaban J connectivity index is 2.16. The second kappa shape index (κ2) is 5.25. The molecule has 2 aromatic rings. The van der Waals surface area contributed by atoms with Gasteiger partial charge in [-0.1, -0.05) is 23.2 Å². The minimum absolute atomic E-state index is 0.0714. The topological polar surface area (TPSA) is 62.2 Å². The van der Waals surface area contributed by atoms with E-state index in [1.807, 2.05) is 0 Å². The van der Waals surface area contributed by atoms with Crippen LogP contribution >= 0.6 is 23.2 Å². The van der Waals surface area contributed by atoms with Gasteiger partial charge in [0.25, 0.3) is 5.91 Å². The van der Waals surface area contributed by atoms with Crippen LogP contribution in [0.5, 0.6) is 5.75 Å². The molecular weight excluding hydrogens is 275 g/mol.